The maximum absolute atomic E-state index is 12.5. The van der Waals surface area contributed by atoms with E-state index in [1.54, 1.807) is 25.3 Å². The molecule has 0 radical (unpaired) electrons. The van der Waals surface area contributed by atoms with Crippen molar-refractivity contribution < 1.29 is 13.2 Å². The summed E-state index contributed by atoms with van der Waals surface area (Å²) in [5.41, 5.74) is 1.47. The molecule has 1 heterocycles. The van der Waals surface area contributed by atoms with Gasteiger partial charge in [0, 0.05) is 17.5 Å². The third-order valence-corrected chi connectivity index (χ3v) is 2.45. The summed E-state index contributed by atoms with van der Waals surface area (Å²) in [6.45, 7) is 1.79. The minimum atomic E-state index is -4.30. The number of rotatable bonds is 1. The fourth-order valence-corrected chi connectivity index (χ4v) is 1.59. The van der Waals surface area contributed by atoms with Gasteiger partial charge in [-0.05, 0) is 36.8 Å². The van der Waals surface area contributed by atoms with E-state index in [-0.39, 0.29) is 0 Å². The van der Waals surface area contributed by atoms with Gasteiger partial charge in [0.15, 0.2) is 0 Å². The Kier molecular flexibility index (Phi) is 2.50. The molecule has 0 fully saturated rings. The molecule has 0 amide bonds. The summed E-state index contributed by atoms with van der Waals surface area (Å²) in [4.78, 5) is 2.91. The lowest BCUT2D eigenvalue weighted by Crippen LogP contribution is -2.05. The van der Waals surface area contributed by atoms with E-state index in [1.165, 1.54) is 12.1 Å². The minimum Gasteiger partial charge on any atom is -0.361 e. The summed E-state index contributed by atoms with van der Waals surface area (Å²) in [6.07, 6.45) is -2.61. The molecule has 0 bridgehead atoms. The quantitative estimate of drug-likeness (QED) is 0.754. The van der Waals surface area contributed by atoms with Gasteiger partial charge in [-0.1, -0.05) is 6.07 Å². The number of benzene rings is 1. The molecule has 0 atom stereocenters. The third kappa shape index (κ3) is 1.96. The number of aromatic amines is 1. The van der Waals surface area contributed by atoms with Crippen LogP contribution in [0.3, 0.4) is 0 Å². The van der Waals surface area contributed by atoms with Crippen LogP contribution in [0.5, 0.6) is 0 Å². The van der Waals surface area contributed by atoms with Crippen molar-refractivity contribution in [1.82, 2.24) is 4.98 Å². The van der Waals surface area contributed by atoms with Crippen molar-refractivity contribution in [3.05, 3.63) is 47.7 Å². The topological polar surface area (TPSA) is 15.8 Å². The van der Waals surface area contributed by atoms with Crippen molar-refractivity contribution >= 4 is 0 Å². The van der Waals surface area contributed by atoms with Crippen LogP contribution in [0.25, 0.3) is 11.3 Å². The van der Waals surface area contributed by atoms with E-state index in [2.05, 4.69) is 4.98 Å². The predicted octanol–water partition coefficient (Wildman–Crippen LogP) is 4.01. The summed E-state index contributed by atoms with van der Waals surface area (Å²) >= 11 is 0. The molecule has 0 saturated heterocycles. The zero-order valence-corrected chi connectivity index (χ0v) is 8.60. The molecule has 1 aromatic heterocycles. The van der Waals surface area contributed by atoms with E-state index in [0.717, 1.165) is 11.6 Å². The molecule has 16 heavy (non-hydrogen) atoms. The first-order valence-electron chi connectivity index (χ1n) is 4.80. The van der Waals surface area contributed by atoms with Crippen LogP contribution >= 0.6 is 0 Å². The van der Waals surface area contributed by atoms with Gasteiger partial charge < -0.3 is 4.98 Å². The summed E-state index contributed by atoms with van der Waals surface area (Å²) in [6, 6.07) is 7.26. The van der Waals surface area contributed by atoms with E-state index < -0.39 is 11.7 Å². The molecule has 0 aliphatic carbocycles. The number of aryl methyl sites for hydroxylation is 1. The van der Waals surface area contributed by atoms with Gasteiger partial charge in [-0.15, -0.1) is 0 Å². The first-order chi connectivity index (χ1) is 7.48. The van der Waals surface area contributed by atoms with Gasteiger partial charge in [-0.3, -0.25) is 0 Å². The number of hydrogen-bond donors (Lipinski definition) is 1. The Bertz CT molecular complexity index is 483. The molecule has 84 valence electrons. The van der Waals surface area contributed by atoms with Gasteiger partial charge in [-0.25, -0.2) is 0 Å². The van der Waals surface area contributed by atoms with E-state index in [4.69, 9.17) is 0 Å². The smallest absolute Gasteiger partial charge is 0.361 e. The second-order valence-corrected chi connectivity index (χ2v) is 3.61. The largest absolute Gasteiger partial charge is 0.416 e. The lowest BCUT2D eigenvalue weighted by atomic mass is 10.0. The SMILES string of the molecule is Cc1ccc(C(F)(F)F)cc1-c1ccc[nH]1. The molecule has 1 nitrogen and oxygen atoms in total. The molecular formula is C12H10F3N. The van der Waals surface area contributed by atoms with Crippen molar-refractivity contribution in [1.29, 1.82) is 0 Å². The zero-order chi connectivity index (χ0) is 11.8. The van der Waals surface area contributed by atoms with Crippen LogP contribution in [-0.4, -0.2) is 4.98 Å². The summed E-state index contributed by atoms with van der Waals surface area (Å²) < 4.78 is 37.6. The maximum atomic E-state index is 12.5. The Labute approximate surface area is 90.9 Å². The van der Waals surface area contributed by atoms with Crippen LogP contribution in [0.4, 0.5) is 13.2 Å². The number of hydrogen-bond acceptors (Lipinski definition) is 0. The number of aromatic nitrogens is 1. The van der Waals surface area contributed by atoms with Gasteiger partial charge in [0.2, 0.25) is 0 Å². The normalized spacial score (nSPS) is 11.8. The molecular weight excluding hydrogens is 215 g/mol. The fraction of sp³-hybridized carbons (Fsp3) is 0.167. The fourth-order valence-electron chi connectivity index (χ4n) is 1.59. The van der Waals surface area contributed by atoms with Crippen LogP contribution in [0.1, 0.15) is 11.1 Å². The van der Waals surface area contributed by atoms with E-state index in [9.17, 15) is 13.2 Å². The second kappa shape index (κ2) is 3.70. The molecule has 0 spiro atoms. The minimum absolute atomic E-state index is 0.583. The maximum Gasteiger partial charge on any atom is 0.416 e. The van der Waals surface area contributed by atoms with Gasteiger partial charge in [-0.2, -0.15) is 13.2 Å². The van der Waals surface area contributed by atoms with Crippen LogP contribution in [-0.2, 0) is 6.18 Å². The van der Waals surface area contributed by atoms with Gasteiger partial charge >= 0.3 is 6.18 Å². The molecule has 1 N–H and O–H groups in total. The highest BCUT2D eigenvalue weighted by Crippen LogP contribution is 2.33. The molecule has 0 unspecified atom stereocenters. The molecule has 2 rings (SSSR count). The highest BCUT2D eigenvalue weighted by molar-refractivity contribution is 5.64. The van der Waals surface area contributed by atoms with Crippen LogP contribution in [0, 0.1) is 6.92 Å². The van der Waals surface area contributed by atoms with Crippen LogP contribution in [0.2, 0.25) is 0 Å². The van der Waals surface area contributed by atoms with Gasteiger partial charge in [0.1, 0.15) is 0 Å². The number of halogens is 3. The predicted molar refractivity (Wildman–Crippen MR) is 56.0 cm³/mol. The Morgan fingerprint density at radius 3 is 2.44 bits per heavy atom. The molecule has 0 aliphatic heterocycles. The van der Waals surface area contributed by atoms with Gasteiger partial charge in [0.05, 0.1) is 5.56 Å². The summed E-state index contributed by atoms with van der Waals surface area (Å²) in [5, 5.41) is 0. The average Bonchev–Trinajstić information content (AvgIpc) is 2.69. The number of H-pyrrole nitrogens is 1. The monoisotopic (exact) mass is 225 g/mol. The molecule has 0 aliphatic rings. The Morgan fingerprint density at radius 2 is 1.88 bits per heavy atom. The van der Waals surface area contributed by atoms with Crippen molar-refractivity contribution in [2.75, 3.05) is 0 Å². The summed E-state index contributed by atoms with van der Waals surface area (Å²) in [7, 11) is 0. The Morgan fingerprint density at radius 1 is 1.12 bits per heavy atom. The highest BCUT2D eigenvalue weighted by Gasteiger charge is 2.30. The van der Waals surface area contributed by atoms with Crippen LogP contribution in [0.15, 0.2) is 36.5 Å². The molecule has 4 heteroatoms. The lowest BCUT2D eigenvalue weighted by molar-refractivity contribution is -0.137. The van der Waals surface area contributed by atoms with Gasteiger partial charge in [0.25, 0.3) is 0 Å². The first kappa shape index (κ1) is 10.8. The standard InChI is InChI=1S/C12H10F3N/c1-8-4-5-9(12(13,14)15)7-10(8)11-3-2-6-16-11/h2-7,16H,1H3. The second-order valence-electron chi connectivity index (χ2n) is 3.61. The zero-order valence-electron chi connectivity index (χ0n) is 8.60. The number of alkyl halides is 3. The van der Waals surface area contributed by atoms with Crippen molar-refractivity contribution in [3.63, 3.8) is 0 Å². The third-order valence-electron chi connectivity index (χ3n) is 2.45. The Hall–Kier alpha value is -1.71. The highest BCUT2D eigenvalue weighted by atomic mass is 19.4. The van der Waals surface area contributed by atoms with E-state index in [1.807, 2.05) is 0 Å². The summed E-state index contributed by atoms with van der Waals surface area (Å²) in [5.74, 6) is 0. The number of nitrogens with one attached hydrogen (secondary N) is 1. The van der Waals surface area contributed by atoms with Crippen molar-refractivity contribution in [2.45, 2.75) is 13.1 Å². The molecule has 2 aromatic rings. The van der Waals surface area contributed by atoms with Crippen LogP contribution < -0.4 is 0 Å². The molecule has 0 saturated carbocycles. The first-order valence-corrected chi connectivity index (χ1v) is 4.80. The average molecular weight is 225 g/mol. The van der Waals surface area contributed by atoms with E-state index in [0.29, 0.717) is 11.3 Å². The van der Waals surface area contributed by atoms with E-state index >= 15 is 0 Å². The Balaban J connectivity index is 2.54. The molecule has 1 aromatic carbocycles. The van der Waals surface area contributed by atoms with Crippen molar-refractivity contribution in [2.24, 2.45) is 0 Å². The lowest BCUT2D eigenvalue weighted by Gasteiger charge is -2.10. The van der Waals surface area contributed by atoms with Crippen molar-refractivity contribution in [3.8, 4) is 11.3 Å².